The Morgan fingerprint density at radius 2 is 2.00 bits per heavy atom. The van der Waals surface area contributed by atoms with Crippen LogP contribution in [-0.2, 0) is 5.60 Å². The van der Waals surface area contributed by atoms with E-state index in [4.69, 9.17) is 4.42 Å². The van der Waals surface area contributed by atoms with Gasteiger partial charge in [-0.05, 0) is 26.0 Å². The van der Waals surface area contributed by atoms with Crippen LogP contribution >= 0.6 is 0 Å². The predicted octanol–water partition coefficient (Wildman–Crippen LogP) is 2.24. The lowest BCUT2D eigenvalue weighted by Crippen LogP contribution is -2.18. The molecule has 0 aliphatic rings. The van der Waals surface area contributed by atoms with Crippen molar-refractivity contribution in [3.8, 4) is 11.8 Å². The molecule has 17 heavy (non-hydrogen) atoms. The normalized spacial score (nSPS) is 13.6. The highest BCUT2D eigenvalue weighted by atomic mass is 16.4. The first-order valence-electron chi connectivity index (χ1n) is 5.31. The van der Waals surface area contributed by atoms with Gasteiger partial charge in [0.1, 0.15) is 5.76 Å². The Morgan fingerprint density at radius 1 is 1.29 bits per heavy atom. The van der Waals surface area contributed by atoms with Crippen LogP contribution in [-0.4, -0.2) is 10.1 Å². The van der Waals surface area contributed by atoms with Crippen molar-refractivity contribution in [2.24, 2.45) is 0 Å². The number of rotatable bonds is 1. The molecule has 0 bridgehead atoms. The molecule has 1 aromatic heterocycles. The van der Waals surface area contributed by atoms with Crippen molar-refractivity contribution in [1.82, 2.24) is 4.98 Å². The SMILES string of the molecule is Cc1cnc([C@@](C)(O)C#Cc2ccccc2)o1. The molecule has 0 saturated carbocycles. The summed E-state index contributed by atoms with van der Waals surface area (Å²) in [6.07, 6.45) is 1.56. The summed E-state index contributed by atoms with van der Waals surface area (Å²) in [4.78, 5) is 3.98. The second-order valence-electron chi connectivity index (χ2n) is 3.96. The van der Waals surface area contributed by atoms with Gasteiger partial charge in [0.2, 0.25) is 5.89 Å². The molecule has 0 aliphatic carbocycles. The zero-order valence-corrected chi connectivity index (χ0v) is 9.77. The summed E-state index contributed by atoms with van der Waals surface area (Å²) in [6, 6.07) is 9.47. The highest BCUT2D eigenvalue weighted by Crippen LogP contribution is 2.19. The molecule has 0 aliphatic heterocycles. The Kier molecular flexibility index (Phi) is 2.99. The van der Waals surface area contributed by atoms with Gasteiger partial charge in [-0.15, -0.1) is 0 Å². The van der Waals surface area contributed by atoms with E-state index in [-0.39, 0.29) is 5.89 Å². The minimum atomic E-state index is -1.37. The van der Waals surface area contributed by atoms with Gasteiger partial charge in [-0.2, -0.15) is 0 Å². The first-order chi connectivity index (χ1) is 8.08. The van der Waals surface area contributed by atoms with Gasteiger partial charge in [-0.1, -0.05) is 30.0 Å². The largest absolute Gasteiger partial charge is 0.442 e. The average Bonchev–Trinajstić information content (AvgIpc) is 2.76. The van der Waals surface area contributed by atoms with E-state index < -0.39 is 5.60 Å². The van der Waals surface area contributed by atoms with E-state index in [1.165, 1.54) is 0 Å². The topological polar surface area (TPSA) is 46.3 Å². The summed E-state index contributed by atoms with van der Waals surface area (Å²) < 4.78 is 5.27. The van der Waals surface area contributed by atoms with E-state index in [9.17, 15) is 5.11 Å². The molecule has 0 saturated heterocycles. The van der Waals surface area contributed by atoms with Gasteiger partial charge in [-0.3, -0.25) is 0 Å². The van der Waals surface area contributed by atoms with Crippen LogP contribution in [0.4, 0.5) is 0 Å². The lowest BCUT2D eigenvalue weighted by Gasteiger charge is -2.10. The van der Waals surface area contributed by atoms with Gasteiger partial charge in [-0.25, -0.2) is 4.98 Å². The minimum Gasteiger partial charge on any atom is -0.442 e. The summed E-state index contributed by atoms with van der Waals surface area (Å²) in [7, 11) is 0. The molecule has 1 heterocycles. The van der Waals surface area contributed by atoms with Crippen LogP contribution in [0.5, 0.6) is 0 Å². The van der Waals surface area contributed by atoms with Crippen LogP contribution in [0.25, 0.3) is 0 Å². The van der Waals surface area contributed by atoms with Crippen LogP contribution in [0.3, 0.4) is 0 Å². The Hall–Kier alpha value is -2.05. The maximum absolute atomic E-state index is 10.1. The first kappa shape index (κ1) is 11.4. The fourth-order valence-corrected chi connectivity index (χ4v) is 1.35. The van der Waals surface area contributed by atoms with E-state index in [0.717, 1.165) is 5.56 Å². The molecule has 0 fully saturated rings. The molecule has 0 amide bonds. The predicted molar refractivity (Wildman–Crippen MR) is 64.1 cm³/mol. The van der Waals surface area contributed by atoms with Crippen molar-refractivity contribution in [2.75, 3.05) is 0 Å². The van der Waals surface area contributed by atoms with Crippen LogP contribution in [0.1, 0.15) is 24.1 Å². The molecule has 0 spiro atoms. The number of aliphatic hydroxyl groups is 1. The Balaban J connectivity index is 2.26. The number of oxazole rings is 1. The van der Waals surface area contributed by atoms with Gasteiger partial charge in [0, 0.05) is 5.56 Å². The number of aryl methyl sites for hydroxylation is 1. The van der Waals surface area contributed by atoms with E-state index >= 15 is 0 Å². The summed E-state index contributed by atoms with van der Waals surface area (Å²) in [5.41, 5.74) is -0.527. The standard InChI is InChI=1S/C14H13NO2/c1-11-10-15-13(17-11)14(2,16)9-8-12-6-4-3-5-7-12/h3-7,10,16H,1-2H3/t14-/m0/s1. The number of nitrogens with zero attached hydrogens (tertiary/aromatic N) is 1. The number of aromatic nitrogens is 1. The van der Waals surface area contributed by atoms with Gasteiger partial charge in [0.25, 0.3) is 0 Å². The third-order valence-corrected chi connectivity index (χ3v) is 2.26. The third-order valence-electron chi connectivity index (χ3n) is 2.26. The summed E-state index contributed by atoms with van der Waals surface area (Å²) in [5, 5.41) is 10.1. The van der Waals surface area contributed by atoms with Crippen LogP contribution < -0.4 is 0 Å². The molecule has 2 rings (SSSR count). The quantitative estimate of drug-likeness (QED) is 0.760. The Morgan fingerprint density at radius 3 is 2.59 bits per heavy atom. The molecular weight excluding hydrogens is 214 g/mol. The maximum Gasteiger partial charge on any atom is 0.239 e. The van der Waals surface area contributed by atoms with Crippen LogP contribution in [0.15, 0.2) is 40.9 Å². The van der Waals surface area contributed by atoms with Crippen molar-refractivity contribution in [1.29, 1.82) is 0 Å². The first-order valence-corrected chi connectivity index (χ1v) is 5.31. The Labute approximate surface area is 100 Å². The molecule has 2 aromatic rings. The van der Waals surface area contributed by atoms with Crippen molar-refractivity contribution < 1.29 is 9.52 Å². The second-order valence-corrected chi connectivity index (χ2v) is 3.96. The van der Waals surface area contributed by atoms with E-state index in [1.54, 1.807) is 20.0 Å². The summed E-state index contributed by atoms with van der Waals surface area (Å²) in [5.74, 6) is 6.52. The smallest absolute Gasteiger partial charge is 0.239 e. The molecule has 0 unspecified atom stereocenters. The van der Waals surface area contributed by atoms with Gasteiger partial charge in [0.05, 0.1) is 6.20 Å². The minimum absolute atomic E-state index is 0.221. The molecule has 86 valence electrons. The number of hydrogen-bond donors (Lipinski definition) is 1. The lowest BCUT2D eigenvalue weighted by molar-refractivity contribution is 0.0882. The molecule has 0 radical (unpaired) electrons. The monoisotopic (exact) mass is 227 g/mol. The van der Waals surface area contributed by atoms with Crippen molar-refractivity contribution in [3.63, 3.8) is 0 Å². The van der Waals surface area contributed by atoms with Crippen molar-refractivity contribution in [2.45, 2.75) is 19.4 Å². The van der Waals surface area contributed by atoms with E-state index in [2.05, 4.69) is 16.8 Å². The molecule has 3 nitrogen and oxygen atoms in total. The van der Waals surface area contributed by atoms with Crippen LogP contribution in [0, 0.1) is 18.8 Å². The zero-order valence-electron chi connectivity index (χ0n) is 9.77. The molecule has 1 N–H and O–H groups in total. The third kappa shape index (κ3) is 2.74. The summed E-state index contributed by atoms with van der Waals surface area (Å²) >= 11 is 0. The molecular formula is C14H13NO2. The molecule has 1 aromatic carbocycles. The van der Waals surface area contributed by atoms with E-state index in [0.29, 0.717) is 5.76 Å². The average molecular weight is 227 g/mol. The molecule has 3 heteroatoms. The maximum atomic E-state index is 10.1. The molecule has 1 atom stereocenters. The van der Waals surface area contributed by atoms with Crippen molar-refractivity contribution in [3.05, 3.63) is 53.7 Å². The fraction of sp³-hybridized carbons (Fsp3) is 0.214. The lowest BCUT2D eigenvalue weighted by atomic mass is 10.1. The highest BCUT2D eigenvalue weighted by molar-refractivity contribution is 5.36. The number of hydrogen-bond acceptors (Lipinski definition) is 3. The Bertz CT molecular complexity index is 559. The van der Waals surface area contributed by atoms with Gasteiger partial charge in [0.15, 0.2) is 5.60 Å². The number of benzene rings is 1. The fourth-order valence-electron chi connectivity index (χ4n) is 1.35. The summed E-state index contributed by atoms with van der Waals surface area (Å²) in [6.45, 7) is 3.34. The van der Waals surface area contributed by atoms with Gasteiger partial charge >= 0.3 is 0 Å². The second kappa shape index (κ2) is 4.44. The van der Waals surface area contributed by atoms with Crippen LogP contribution in [0.2, 0.25) is 0 Å². The van der Waals surface area contributed by atoms with Gasteiger partial charge < -0.3 is 9.52 Å². The van der Waals surface area contributed by atoms with E-state index in [1.807, 2.05) is 30.3 Å². The van der Waals surface area contributed by atoms with Crippen molar-refractivity contribution >= 4 is 0 Å². The highest BCUT2D eigenvalue weighted by Gasteiger charge is 2.25. The zero-order chi connectivity index (χ0) is 12.3.